The average Bonchev–Trinajstić information content (AvgIpc) is 2.67. The van der Waals surface area contributed by atoms with Crippen molar-refractivity contribution in [3.8, 4) is 11.8 Å². The molecule has 4 nitrogen and oxygen atoms in total. The molecule has 0 unspecified atom stereocenters. The van der Waals surface area contributed by atoms with Crippen LogP contribution in [0.3, 0.4) is 0 Å². The highest BCUT2D eigenvalue weighted by Gasteiger charge is 2.17. The van der Waals surface area contributed by atoms with Gasteiger partial charge in [0.15, 0.2) is 0 Å². The van der Waals surface area contributed by atoms with Crippen LogP contribution in [0.15, 0.2) is 4.42 Å². The highest BCUT2D eigenvalue weighted by molar-refractivity contribution is 5.23. The molecule has 0 aliphatic heterocycles. The number of hydrogen-bond donors (Lipinski definition) is 0. The lowest BCUT2D eigenvalue weighted by Gasteiger charge is -2.03. The van der Waals surface area contributed by atoms with Crippen molar-refractivity contribution in [3.05, 3.63) is 5.89 Å². The average molecular weight is 227 g/mol. The summed E-state index contributed by atoms with van der Waals surface area (Å²) in [5.74, 6) is 1.80. The zero-order chi connectivity index (χ0) is 12.0. The molecule has 0 fully saturated rings. The summed E-state index contributed by atoms with van der Waals surface area (Å²) in [6.45, 7) is 9.40. The Morgan fingerprint density at radius 2 is 1.75 bits per heavy atom. The molecule has 0 aliphatic carbocycles. The lowest BCUT2D eigenvalue weighted by Crippen LogP contribution is -1.99. The zero-order valence-corrected chi connectivity index (χ0v) is 10.6. The van der Waals surface area contributed by atoms with Crippen molar-refractivity contribution in [3.63, 3.8) is 0 Å². The Kier molecular flexibility index (Phi) is 5.15. The van der Waals surface area contributed by atoms with Gasteiger partial charge in [-0.1, -0.05) is 27.7 Å². The SMILES string of the molecule is CCCOc1nc(C(C)C)oc1OCCC. The van der Waals surface area contributed by atoms with E-state index in [2.05, 4.69) is 11.9 Å². The van der Waals surface area contributed by atoms with Crippen molar-refractivity contribution in [2.24, 2.45) is 0 Å². The standard InChI is InChI=1S/C12H21NO3/c1-5-7-14-11-12(15-8-6-2)16-10(13-11)9(3)4/h9H,5-8H2,1-4H3. The number of ether oxygens (including phenoxy) is 2. The van der Waals surface area contributed by atoms with Gasteiger partial charge in [-0.2, -0.15) is 4.98 Å². The Morgan fingerprint density at radius 1 is 1.12 bits per heavy atom. The van der Waals surface area contributed by atoms with Crippen molar-refractivity contribution >= 4 is 0 Å². The highest BCUT2D eigenvalue weighted by atomic mass is 16.6. The second-order valence-electron chi connectivity index (χ2n) is 4.00. The molecule has 1 heterocycles. The van der Waals surface area contributed by atoms with Crippen LogP contribution >= 0.6 is 0 Å². The molecule has 0 aromatic carbocycles. The van der Waals surface area contributed by atoms with Gasteiger partial charge in [0, 0.05) is 5.92 Å². The molecule has 1 aromatic heterocycles. The molecule has 1 rings (SSSR count). The van der Waals surface area contributed by atoms with Gasteiger partial charge in [-0.25, -0.2) is 0 Å². The van der Waals surface area contributed by atoms with Crippen molar-refractivity contribution in [1.82, 2.24) is 4.98 Å². The van der Waals surface area contributed by atoms with Gasteiger partial charge >= 0.3 is 11.8 Å². The fourth-order valence-electron chi connectivity index (χ4n) is 1.13. The zero-order valence-electron chi connectivity index (χ0n) is 10.6. The minimum atomic E-state index is 0.239. The van der Waals surface area contributed by atoms with Crippen molar-refractivity contribution in [1.29, 1.82) is 0 Å². The predicted octanol–water partition coefficient (Wildman–Crippen LogP) is 3.38. The van der Waals surface area contributed by atoms with Gasteiger partial charge in [0.25, 0.3) is 0 Å². The normalized spacial score (nSPS) is 10.8. The van der Waals surface area contributed by atoms with E-state index in [1.54, 1.807) is 0 Å². The Hall–Kier alpha value is -1.19. The molecule has 0 atom stereocenters. The number of rotatable bonds is 7. The Balaban J connectivity index is 2.75. The van der Waals surface area contributed by atoms with Gasteiger partial charge in [-0.3, -0.25) is 0 Å². The number of aromatic nitrogens is 1. The van der Waals surface area contributed by atoms with Crippen molar-refractivity contribution in [2.45, 2.75) is 46.5 Å². The van der Waals surface area contributed by atoms with Crippen LogP contribution in [0.4, 0.5) is 0 Å². The molecule has 0 aliphatic rings. The van der Waals surface area contributed by atoms with Crippen LogP contribution in [0.5, 0.6) is 11.8 Å². The molecule has 0 N–H and O–H groups in total. The fourth-order valence-corrected chi connectivity index (χ4v) is 1.13. The maximum Gasteiger partial charge on any atom is 0.351 e. The number of oxazole rings is 1. The first-order chi connectivity index (χ1) is 7.69. The molecule has 1 aromatic rings. The maximum atomic E-state index is 5.52. The van der Waals surface area contributed by atoms with E-state index in [1.807, 2.05) is 20.8 Å². The van der Waals surface area contributed by atoms with Crippen LogP contribution in [-0.2, 0) is 0 Å². The molecule has 0 saturated heterocycles. The van der Waals surface area contributed by atoms with Crippen LogP contribution in [-0.4, -0.2) is 18.2 Å². The Morgan fingerprint density at radius 3 is 2.31 bits per heavy atom. The van der Waals surface area contributed by atoms with Crippen molar-refractivity contribution in [2.75, 3.05) is 13.2 Å². The molecular formula is C12H21NO3. The Labute approximate surface area is 97.0 Å². The minimum Gasteiger partial charge on any atom is -0.473 e. The number of nitrogens with zero attached hydrogens (tertiary/aromatic N) is 1. The quantitative estimate of drug-likeness (QED) is 0.716. The highest BCUT2D eigenvalue weighted by Crippen LogP contribution is 2.31. The van der Waals surface area contributed by atoms with Crippen molar-refractivity contribution < 1.29 is 13.9 Å². The minimum absolute atomic E-state index is 0.239. The molecular weight excluding hydrogens is 206 g/mol. The fraction of sp³-hybridized carbons (Fsp3) is 0.750. The smallest absolute Gasteiger partial charge is 0.351 e. The van der Waals surface area contributed by atoms with E-state index in [0.717, 1.165) is 12.8 Å². The molecule has 0 saturated carbocycles. The van der Waals surface area contributed by atoms with Gasteiger partial charge in [0.1, 0.15) is 0 Å². The molecule has 0 spiro atoms. The molecule has 4 heteroatoms. The van der Waals surface area contributed by atoms with E-state index in [1.165, 1.54) is 0 Å². The molecule has 92 valence electrons. The second-order valence-corrected chi connectivity index (χ2v) is 4.00. The molecule has 0 radical (unpaired) electrons. The Bertz CT molecular complexity index is 282. The molecule has 16 heavy (non-hydrogen) atoms. The van der Waals surface area contributed by atoms with E-state index < -0.39 is 0 Å². The summed E-state index contributed by atoms with van der Waals surface area (Å²) in [6.07, 6.45) is 1.88. The maximum absolute atomic E-state index is 5.52. The summed E-state index contributed by atoms with van der Waals surface area (Å²) in [7, 11) is 0. The molecule has 0 amide bonds. The summed E-state index contributed by atoms with van der Waals surface area (Å²) in [4.78, 5) is 4.29. The van der Waals surface area contributed by atoms with E-state index in [-0.39, 0.29) is 5.92 Å². The third-order valence-electron chi connectivity index (χ3n) is 1.96. The summed E-state index contributed by atoms with van der Waals surface area (Å²) in [5.41, 5.74) is 0. The van der Waals surface area contributed by atoms with E-state index >= 15 is 0 Å². The lowest BCUT2D eigenvalue weighted by atomic mass is 10.2. The van der Waals surface area contributed by atoms with Gasteiger partial charge in [0.2, 0.25) is 5.89 Å². The van der Waals surface area contributed by atoms with Crippen LogP contribution in [0.25, 0.3) is 0 Å². The van der Waals surface area contributed by atoms with Crippen LogP contribution in [0, 0.1) is 0 Å². The molecule has 0 bridgehead atoms. The van der Waals surface area contributed by atoms with Gasteiger partial charge in [0.05, 0.1) is 13.2 Å². The van der Waals surface area contributed by atoms with E-state index in [9.17, 15) is 0 Å². The van der Waals surface area contributed by atoms with Crippen LogP contribution < -0.4 is 9.47 Å². The van der Waals surface area contributed by atoms with Crippen LogP contribution in [0.1, 0.15) is 52.3 Å². The third kappa shape index (κ3) is 3.43. The first kappa shape index (κ1) is 12.9. The first-order valence-corrected chi connectivity index (χ1v) is 5.95. The summed E-state index contributed by atoms with van der Waals surface area (Å²) in [6, 6.07) is 0. The largest absolute Gasteiger partial charge is 0.473 e. The van der Waals surface area contributed by atoms with E-state index in [0.29, 0.717) is 30.9 Å². The predicted molar refractivity (Wildman–Crippen MR) is 62.2 cm³/mol. The lowest BCUT2D eigenvalue weighted by molar-refractivity contribution is 0.211. The summed E-state index contributed by atoms with van der Waals surface area (Å²) < 4.78 is 16.5. The van der Waals surface area contributed by atoms with Gasteiger partial charge < -0.3 is 13.9 Å². The third-order valence-corrected chi connectivity index (χ3v) is 1.96. The van der Waals surface area contributed by atoms with Gasteiger partial charge in [-0.15, -0.1) is 0 Å². The first-order valence-electron chi connectivity index (χ1n) is 5.95. The van der Waals surface area contributed by atoms with E-state index in [4.69, 9.17) is 13.9 Å². The van der Waals surface area contributed by atoms with Gasteiger partial charge in [-0.05, 0) is 12.8 Å². The number of hydrogen-bond acceptors (Lipinski definition) is 4. The summed E-state index contributed by atoms with van der Waals surface area (Å²) >= 11 is 0. The van der Waals surface area contributed by atoms with Crippen LogP contribution in [0.2, 0.25) is 0 Å². The second kappa shape index (κ2) is 6.40. The summed E-state index contributed by atoms with van der Waals surface area (Å²) in [5, 5.41) is 0. The monoisotopic (exact) mass is 227 g/mol. The topological polar surface area (TPSA) is 44.5 Å².